The molecule has 0 heterocycles. The lowest BCUT2D eigenvalue weighted by molar-refractivity contribution is 0.415. The van der Waals surface area contributed by atoms with Crippen LogP contribution in [0.5, 0.6) is 5.75 Å². The molecule has 2 nitrogen and oxygen atoms in total. The zero-order chi connectivity index (χ0) is 11.4. The number of nitrogens with two attached hydrogens (primary N) is 1. The summed E-state index contributed by atoms with van der Waals surface area (Å²) >= 11 is 0. The third-order valence-electron chi connectivity index (χ3n) is 2.59. The highest BCUT2D eigenvalue weighted by atomic mass is 16.5. The van der Waals surface area contributed by atoms with Crippen molar-refractivity contribution in [1.82, 2.24) is 0 Å². The molecule has 2 rings (SSSR count). The topological polar surface area (TPSA) is 35.2 Å². The Morgan fingerprint density at radius 3 is 2.38 bits per heavy atom. The van der Waals surface area contributed by atoms with Crippen molar-refractivity contribution in [2.24, 2.45) is 5.73 Å². The summed E-state index contributed by atoms with van der Waals surface area (Å²) in [7, 11) is 1.68. The highest BCUT2D eigenvalue weighted by molar-refractivity contribution is 5.65. The fourth-order valence-corrected chi connectivity index (χ4v) is 1.64. The van der Waals surface area contributed by atoms with Crippen molar-refractivity contribution in [2.75, 3.05) is 7.11 Å². The molecule has 0 aliphatic carbocycles. The number of methoxy groups -OCH3 is 1. The first-order valence-electron chi connectivity index (χ1n) is 5.27. The van der Waals surface area contributed by atoms with Crippen LogP contribution in [0.1, 0.15) is 5.56 Å². The molecule has 0 radical (unpaired) electrons. The summed E-state index contributed by atoms with van der Waals surface area (Å²) in [5.74, 6) is 0.875. The Bertz CT molecular complexity index is 462. The van der Waals surface area contributed by atoms with Gasteiger partial charge in [0.1, 0.15) is 5.75 Å². The van der Waals surface area contributed by atoms with Gasteiger partial charge in [-0.05, 0) is 28.8 Å². The molecule has 0 aliphatic heterocycles. The first kappa shape index (κ1) is 10.7. The molecule has 2 heteroatoms. The maximum atomic E-state index is 5.56. The van der Waals surface area contributed by atoms with Gasteiger partial charge in [-0.1, -0.05) is 36.4 Å². The average molecular weight is 213 g/mol. The van der Waals surface area contributed by atoms with Crippen LogP contribution in [0.4, 0.5) is 0 Å². The lowest BCUT2D eigenvalue weighted by Gasteiger charge is -2.05. The van der Waals surface area contributed by atoms with Crippen LogP contribution in [-0.4, -0.2) is 7.11 Å². The van der Waals surface area contributed by atoms with Crippen LogP contribution in [0.15, 0.2) is 48.5 Å². The van der Waals surface area contributed by atoms with E-state index in [4.69, 9.17) is 10.5 Å². The molecular weight excluding hydrogens is 198 g/mol. The number of benzene rings is 2. The molecule has 0 bridgehead atoms. The minimum Gasteiger partial charge on any atom is -0.497 e. The zero-order valence-corrected chi connectivity index (χ0v) is 9.31. The maximum absolute atomic E-state index is 5.56. The van der Waals surface area contributed by atoms with Gasteiger partial charge in [-0.2, -0.15) is 0 Å². The predicted octanol–water partition coefficient (Wildman–Crippen LogP) is 2.82. The molecule has 2 aromatic rings. The van der Waals surface area contributed by atoms with E-state index in [9.17, 15) is 0 Å². The minimum atomic E-state index is 0.582. The van der Waals surface area contributed by atoms with E-state index >= 15 is 0 Å². The molecule has 82 valence electrons. The maximum Gasteiger partial charge on any atom is 0.119 e. The Morgan fingerprint density at radius 1 is 1.00 bits per heavy atom. The van der Waals surface area contributed by atoms with Crippen LogP contribution in [-0.2, 0) is 6.54 Å². The number of rotatable bonds is 3. The van der Waals surface area contributed by atoms with Gasteiger partial charge in [0.25, 0.3) is 0 Å². The second kappa shape index (κ2) is 4.81. The molecule has 2 N–H and O–H groups in total. The Kier molecular flexibility index (Phi) is 3.22. The molecule has 0 aliphatic rings. The van der Waals surface area contributed by atoms with Crippen LogP contribution in [0.3, 0.4) is 0 Å². The molecule has 0 aromatic heterocycles. The fourth-order valence-electron chi connectivity index (χ4n) is 1.64. The van der Waals surface area contributed by atoms with Gasteiger partial charge in [0.2, 0.25) is 0 Å². The summed E-state index contributed by atoms with van der Waals surface area (Å²) in [6.45, 7) is 0.582. The molecule has 0 unspecified atom stereocenters. The van der Waals surface area contributed by atoms with Gasteiger partial charge in [-0.15, -0.1) is 0 Å². The van der Waals surface area contributed by atoms with E-state index in [0.29, 0.717) is 6.54 Å². The van der Waals surface area contributed by atoms with E-state index in [1.807, 2.05) is 18.2 Å². The summed E-state index contributed by atoms with van der Waals surface area (Å²) in [5.41, 5.74) is 9.04. The van der Waals surface area contributed by atoms with Crippen molar-refractivity contribution in [1.29, 1.82) is 0 Å². The highest BCUT2D eigenvalue weighted by Gasteiger charge is 1.99. The van der Waals surface area contributed by atoms with Gasteiger partial charge in [-0.25, -0.2) is 0 Å². The second-order valence-corrected chi connectivity index (χ2v) is 3.63. The second-order valence-electron chi connectivity index (χ2n) is 3.63. The quantitative estimate of drug-likeness (QED) is 0.850. The van der Waals surface area contributed by atoms with E-state index in [1.165, 1.54) is 5.56 Å². The van der Waals surface area contributed by atoms with Crippen LogP contribution >= 0.6 is 0 Å². The van der Waals surface area contributed by atoms with Gasteiger partial charge in [0.05, 0.1) is 7.11 Å². The molecule has 0 atom stereocenters. The van der Waals surface area contributed by atoms with E-state index in [-0.39, 0.29) is 0 Å². The van der Waals surface area contributed by atoms with Crippen molar-refractivity contribution >= 4 is 0 Å². The van der Waals surface area contributed by atoms with E-state index in [0.717, 1.165) is 16.9 Å². The van der Waals surface area contributed by atoms with Crippen molar-refractivity contribution in [3.05, 3.63) is 54.1 Å². The van der Waals surface area contributed by atoms with E-state index in [2.05, 4.69) is 30.3 Å². The summed E-state index contributed by atoms with van der Waals surface area (Å²) < 4.78 is 5.20. The normalized spacial score (nSPS) is 10.1. The van der Waals surface area contributed by atoms with Crippen LogP contribution in [0.2, 0.25) is 0 Å². The standard InChI is InChI=1S/C14H15NO/c1-16-14-4-2-3-13(9-14)12-7-5-11(10-15)6-8-12/h2-9H,10,15H2,1H3. The first-order chi connectivity index (χ1) is 7.83. The lowest BCUT2D eigenvalue weighted by atomic mass is 10.0. The Labute approximate surface area is 95.7 Å². The average Bonchev–Trinajstić information content (AvgIpc) is 2.39. The predicted molar refractivity (Wildman–Crippen MR) is 66.3 cm³/mol. The van der Waals surface area contributed by atoms with Crippen LogP contribution in [0.25, 0.3) is 11.1 Å². The lowest BCUT2D eigenvalue weighted by Crippen LogP contribution is -1.95. The molecule has 16 heavy (non-hydrogen) atoms. The molecular formula is C14H15NO. The zero-order valence-electron chi connectivity index (χ0n) is 9.31. The summed E-state index contributed by atoms with van der Waals surface area (Å²) in [5, 5.41) is 0. The first-order valence-corrected chi connectivity index (χ1v) is 5.27. The van der Waals surface area contributed by atoms with Crippen molar-refractivity contribution < 1.29 is 4.74 Å². The highest BCUT2D eigenvalue weighted by Crippen LogP contribution is 2.23. The number of hydrogen-bond donors (Lipinski definition) is 1. The monoisotopic (exact) mass is 213 g/mol. The Morgan fingerprint density at radius 2 is 1.75 bits per heavy atom. The van der Waals surface area contributed by atoms with Gasteiger partial charge >= 0.3 is 0 Å². The number of ether oxygens (including phenoxy) is 1. The summed E-state index contributed by atoms with van der Waals surface area (Å²) in [4.78, 5) is 0. The molecule has 2 aromatic carbocycles. The van der Waals surface area contributed by atoms with Crippen molar-refractivity contribution in [3.8, 4) is 16.9 Å². The third kappa shape index (κ3) is 2.23. The third-order valence-corrected chi connectivity index (χ3v) is 2.59. The Balaban J connectivity index is 2.34. The molecule has 0 saturated carbocycles. The van der Waals surface area contributed by atoms with E-state index in [1.54, 1.807) is 7.11 Å². The van der Waals surface area contributed by atoms with Crippen LogP contribution in [0, 0.1) is 0 Å². The van der Waals surface area contributed by atoms with E-state index < -0.39 is 0 Å². The smallest absolute Gasteiger partial charge is 0.119 e. The molecule has 0 spiro atoms. The van der Waals surface area contributed by atoms with Gasteiger partial charge in [0, 0.05) is 6.54 Å². The fraction of sp³-hybridized carbons (Fsp3) is 0.143. The van der Waals surface area contributed by atoms with Crippen molar-refractivity contribution in [2.45, 2.75) is 6.54 Å². The van der Waals surface area contributed by atoms with Gasteiger partial charge < -0.3 is 10.5 Å². The molecule has 0 amide bonds. The SMILES string of the molecule is COc1cccc(-c2ccc(CN)cc2)c1. The largest absolute Gasteiger partial charge is 0.497 e. The molecule has 0 fully saturated rings. The van der Waals surface area contributed by atoms with Gasteiger partial charge in [0.15, 0.2) is 0 Å². The number of hydrogen-bond acceptors (Lipinski definition) is 2. The molecule has 0 saturated heterocycles. The minimum absolute atomic E-state index is 0.582. The van der Waals surface area contributed by atoms with Gasteiger partial charge in [-0.3, -0.25) is 0 Å². The van der Waals surface area contributed by atoms with Crippen molar-refractivity contribution in [3.63, 3.8) is 0 Å². The van der Waals surface area contributed by atoms with Crippen LogP contribution < -0.4 is 10.5 Å². The summed E-state index contributed by atoms with van der Waals surface area (Å²) in [6, 6.07) is 16.3. The Hall–Kier alpha value is -1.80. The summed E-state index contributed by atoms with van der Waals surface area (Å²) in [6.07, 6.45) is 0.